The number of rotatable bonds is 4. The smallest absolute Gasteiger partial charge is 0.221 e. The van der Waals surface area contributed by atoms with E-state index in [1.165, 1.54) is 0 Å². The summed E-state index contributed by atoms with van der Waals surface area (Å²) in [5, 5.41) is 4.76. The second kappa shape index (κ2) is 5.62. The van der Waals surface area contributed by atoms with Crippen molar-refractivity contribution < 1.29 is 4.79 Å². The fourth-order valence-electron chi connectivity index (χ4n) is 0.804. The first-order valence-corrected chi connectivity index (χ1v) is 5.99. The summed E-state index contributed by atoms with van der Waals surface area (Å²) < 4.78 is 1.05. The number of hydrogen-bond donors (Lipinski definition) is 1. The summed E-state index contributed by atoms with van der Waals surface area (Å²) in [5.74, 6) is 0.368. The van der Waals surface area contributed by atoms with Crippen LogP contribution in [-0.2, 0) is 11.3 Å². The Kier molecular flexibility index (Phi) is 4.77. The molecule has 0 bridgehead atoms. The molecule has 1 aromatic rings. The molecule has 0 saturated heterocycles. The van der Waals surface area contributed by atoms with Crippen molar-refractivity contribution in [1.29, 1.82) is 0 Å². The average molecular weight is 283 g/mol. The Bertz CT molecular complexity index is 289. The van der Waals surface area contributed by atoms with E-state index in [1.807, 2.05) is 11.4 Å². The van der Waals surface area contributed by atoms with Gasteiger partial charge >= 0.3 is 0 Å². The van der Waals surface area contributed by atoms with Crippen LogP contribution in [0.4, 0.5) is 0 Å². The molecule has 0 aliphatic heterocycles. The van der Waals surface area contributed by atoms with Crippen LogP contribution in [0.2, 0.25) is 0 Å². The van der Waals surface area contributed by atoms with Crippen LogP contribution in [0.25, 0.3) is 0 Å². The number of amides is 1. The van der Waals surface area contributed by atoms with E-state index in [0.29, 0.717) is 18.8 Å². The molecule has 1 amide bonds. The fraction of sp³-hybridized carbons (Fsp3) is 0.375. The molecular formula is C8H9BrClNOS. The highest BCUT2D eigenvalue weighted by Crippen LogP contribution is 2.21. The van der Waals surface area contributed by atoms with Gasteiger partial charge in [0.15, 0.2) is 0 Å². The van der Waals surface area contributed by atoms with Crippen LogP contribution in [-0.4, -0.2) is 11.8 Å². The molecule has 1 heterocycles. The van der Waals surface area contributed by atoms with E-state index in [-0.39, 0.29) is 5.91 Å². The molecule has 2 nitrogen and oxygen atoms in total. The monoisotopic (exact) mass is 281 g/mol. The molecule has 0 saturated carbocycles. The summed E-state index contributed by atoms with van der Waals surface area (Å²) in [6.07, 6.45) is 0.380. The van der Waals surface area contributed by atoms with E-state index in [2.05, 4.69) is 21.2 Å². The predicted molar refractivity (Wildman–Crippen MR) is 59.2 cm³/mol. The SMILES string of the molecule is O=C(CCCl)NCc1sccc1Br. The zero-order chi connectivity index (χ0) is 9.68. The first kappa shape index (κ1) is 11.0. The molecule has 1 N–H and O–H groups in total. The van der Waals surface area contributed by atoms with Gasteiger partial charge in [0.05, 0.1) is 6.54 Å². The third-order valence-electron chi connectivity index (χ3n) is 1.46. The number of alkyl halides is 1. The first-order chi connectivity index (χ1) is 6.24. The number of carbonyl (C=O) groups is 1. The average Bonchev–Trinajstić information content (AvgIpc) is 2.48. The Morgan fingerprint density at radius 1 is 1.69 bits per heavy atom. The number of halogens is 2. The fourth-order valence-corrected chi connectivity index (χ4v) is 2.41. The highest BCUT2D eigenvalue weighted by Gasteiger charge is 2.03. The lowest BCUT2D eigenvalue weighted by Crippen LogP contribution is -2.22. The molecule has 0 unspecified atom stereocenters. The quantitative estimate of drug-likeness (QED) is 0.845. The van der Waals surface area contributed by atoms with Crippen LogP contribution in [0.1, 0.15) is 11.3 Å². The molecular weight excluding hydrogens is 274 g/mol. The number of thiophene rings is 1. The van der Waals surface area contributed by atoms with Gasteiger partial charge in [-0.2, -0.15) is 0 Å². The van der Waals surface area contributed by atoms with Crippen LogP contribution in [0.15, 0.2) is 15.9 Å². The Labute approximate surface area is 94.4 Å². The molecule has 5 heteroatoms. The minimum Gasteiger partial charge on any atom is -0.351 e. The van der Waals surface area contributed by atoms with Crippen molar-refractivity contribution >= 4 is 44.8 Å². The summed E-state index contributed by atoms with van der Waals surface area (Å²) >= 11 is 10.4. The molecule has 0 radical (unpaired) electrons. The molecule has 0 fully saturated rings. The maximum atomic E-state index is 11.0. The van der Waals surface area contributed by atoms with Gasteiger partial charge in [0.2, 0.25) is 5.91 Å². The maximum absolute atomic E-state index is 11.0. The van der Waals surface area contributed by atoms with Crippen molar-refractivity contribution in [2.75, 3.05) is 5.88 Å². The van der Waals surface area contributed by atoms with Crippen LogP contribution in [0.3, 0.4) is 0 Å². The van der Waals surface area contributed by atoms with E-state index >= 15 is 0 Å². The molecule has 0 aromatic carbocycles. The zero-order valence-corrected chi connectivity index (χ0v) is 10.0. The van der Waals surface area contributed by atoms with Gasteiger partial charge in [-0.3, -0.25) is 4.79 Å². The lowest BCUT2D eigenvalue weighted by Gasteiger charge is -2.01. The van der Waals surface area contributed by atoms with Crippen LogP contribution >= 0.6 is 38.9 Å². The summed E-state index contributed by atoms with van der Waals surface area (Å²) in [6, 6.07) is 1.97. The lowest BCUT2D eigenvalue weighted by atomic mass is 10.4. The van der Waals surface area contributed by atoms with Crippen molar-refractivity contribution in [3.05, 3.63) is 20.8 Å². The summed E-state index contributed by atoms with van der Waals surface area (Å²) in [4.78, 5) is 12.2. The zero-order valence-electron chi connectivity index (χ0n) is 6.85. The molecule has 1 aromatic heterocycles. The summed E-state index contributed by atoms with van der Waals surface area (Å²) in [5.41, 5.74) is 0. The largest absolute Gasteiger partial charge is 0.351 e. The van der Waals surface area contributed by atoms with Crippen LogP contribution < -0.4 is 5.32 Å². The minimum atomic E-state index is -0.00435. The normalized spacial score (nSPS) is 10.0. The van der Waals surface area contributed by atoms with Gasteiger partial charge in [0.25, 0.3) is 0 Å². The highest BCUT2D eigenvalue weighted by atomic mass is 79.9. The van der Waals surface area contributed by atoms with Gasteiger partial charge < -0.3 is 5.32 Å². The predicted octanol–water partition coefficient (Wildman–Crippen LogP) is 2.76. The van der Waals surface area contributed by atoms with Gasteiger partial charge in [-0.15, -0.1) is 22.9 Å². The van der Waals surface area contributed by atoms with Crippen molar-refractivity contribution in [2.45, 2.75) is 13.0 Å². The van der Waals surface area contributed by atoms with Gasteiger partial charge in [0, 0.05) is 21.7 Å². The van der Waals surface area contributed by atoms with E-state index in [9.17, 15) is 4.79 Å². The van der Waals surface area contributed by atoms with E-state index in [1.54, 1.807) is 11.3 Å². The topological polar surface area (TPSA) is 29.1 Å². The van der Waals surface area contributed by atoms with E-state index in [4.69, 9.17) is 11.6 Å². The Hall–Kier alpha value is -0.0600. The summed E-state index contributed by atoms with van der Waals surface area (Å²) in [6.45, 7) is 0.577. The molecule has 1 rings (SSSR count). The number of hydrogen-bond acceptors (Lipinski definition) is 2. The minimum absolute atomic E-state index is 0.00435. The van der Waals surface area contributed by atoms with E-state index < -0.39 is 0 Å². The molecule has 0 aliphatic rings. The van der Waals surface area contributed by atoms with Gasteiger partial charge in [-0.05, 0) is 27.4 Å². The van der Waals surface area contributed by atoms with Gasteiger partial charge in [0.1, 0.15) is 0 Å². The third kappa shape index (κ3) is 3.67. The maximum Gasteiger partial charge on any atom is 0.221 e. The van der Waals surface area contributed by atoms with Gasteiger partial charge in [-0.25, -0.2) is 0 Å². The summed E-state index contributed by atoms with van der Waals surface area (Å²) in [7, 11) is 0. The molecule has 13 heavy (non-hydrogen) atoms. The lowest BCUT2D eigenvalue weighted by molar-refractivity contribution is -0.120. The van der Waals surface area contributed by atoms with E-state index in [0.717, 1.165) is 9.35 Å². The van der Waals surface area contributed by atoms with Crippen LogP contribution in [0.5, 0.6) is 0 Å². The number of carbonyl (C=O) groups excluding carboxylic acids is 1. The van der Waals surface area contributed by atoms with Crippen molar-refractivity contribution in [1.82, 2.24) is 5.32 Å². The molecule has 0 atom stereocenters. The third-order valence-corrected chi connectivity index (χ3v) is 3.57. The van der Waals surface area contributed by atoms with Crippen LogP contribution in [0, 0.1) is 0 Å². The molecule has 0 aliphatic carbocycles. The van der Waals surface area contributed by atoms with Crippen molar-refractivity contribution in [2.24, 2.45) is 0 Å². The second-order valence-electron chi connectivity index (χ2n) is 2.41. The van der Waals surface area contributed by atoms with Crippen molar-refractivity contribution in [3.8, 4) is 0 Å². The van der Waals surface area contributed by atoms with Gasteiger partial charge in [-0.1, -0.05) is 0 Å². The second-order valence-corrected chi connectivity index (χ2v) is 4.64. The first-order valence-electron chi connectivity index (χ1n) is 3.78. The number of nitrogens with one attached hydrogen (secondary N) is 1. The molecule has 72 valence electrons. The Morgan fingerprint density at radius 3 is 3.00 bits per heavy atom. The molecule has 0 spiro atoms. The highest BCUT2D eigenvalue weighted by molar-refractivity contribution is 9.10. The van der Waals surface area contributed by atoms with Crippen molar-refractivity contribution in [3.63, 3.8) is 0 Å². The Balaban J connectivity index is 2.35. The Morgan fingerprint density at radius 2 is 2.46 bits per heavy atom. The standard InChI is InChI=1S/C8H9BrClNOS/c9-6-2-4-13-7(6)5-11-8(12)1-3-10/h2,4H,1,3,5H2,(H,11,12).